The third-order valence-electron chi connectivity index (χ3n) is 19.4. The molecule has 9 heterocycles. The fraction of sp³-hybridized carbons (Fsp3) is 0.538. The van der Waals surface area contributed by atoms with Crippen molar-refractivity contribution in [1.82, 2.24) is 73.8 Å². The van der Waals surface area contributed by atoms with Gasteiger partial charge in [0.2, 0.25) is 17.8 Å². The van der Waals surface area contributed by atoms with Crippen molar-refractivity contribution in [3.8, 4) is 17.2 Å². The van der Waals surface area contributed by atoms with Gasteiger partial charge in [-0.3, -0.25) is 41.7 Å². The number of alkyl halides is 3. The summed E-state index contributed by atoms with van der Waals surface area (Å²) in [5, 5.41) is 49.2. The van der Waals surface area contributed by atoms with Crippen LogP contribution in [-0.4, -0.2) is 265 Å². The van der Waals surface area contributed by atoms with E-state index in [9.17, 15) is 43.4 Å². The molecule has 0 radical (unpaired) electrons. The minimum Gasteiger partial charge on any atom is -0.462 e. The Hall–Kier alpha value is -10.1. The number of para-hydroxylation sites is 3. The van der Waals surface area contributed by atoms with E-state index in [1.54, 1.807) is 211 Å². The first-order valence-electron chi connectivity index (χ1n) is 40.0. The van der Waals surface area contributed by atoms with Crippen LogP contribution in [0.25, 0.3) is 33.5 Å². The quantitative estimate of drug-likeness (QED) is 0.0100. The highest BCUT2D eigenvalue weighted by Crippen LogP contribution is 2.53. The molecule has 12 rings (SSSR count). The number of rotatable bonds is 36. The second-order valence-corrected chi connectivity index (χ2v) is 36.6. The molecule has 48 heteroatoms. The zero-order valence-corrected chi connectivity index (χ0v) is 76.2. The Labute approximate surface area is 725 Å². The van der Waals surface area contributed by atoms with Crippen molar-refractivity contribution < 1.29 is 112 Å². The van der Waals surface area contributed by atoms with Gasteiger partial charge in [-0.25, -0.2) is 41.8 Å². The molecule has 42 nitrogen and oxygen atoms in total. The van der Waals surface area contributed by atoms with Gasteiger partial charge in [0, 0.05) is 63.4 Å². The van der Waals surface area contributed by atoms with Gasteiger partial charge in [-0.2, -0.15) is 45.2 Å². The molecule has 0 saturated carbocycles. The molecular formula is C78H111F3N21O21P3. The molecule has 690 valence electrons. The average Bonchev–Trinajstić information content (AvgIpc) is 1.60. The minimum absolute atomic E-state index is 0.195. The van der Waals surface area contributed by atoms with Crippen LogP contribution >= 0.6 is 23.2 Å². The smallest absolute Gasteiger partial charge is 0.459 e. The predicted octanol–water partition coefficient (Wildman–Crippen LogP) is 9.16. The number of anilines is 6. The lowest BCUT2D eigenvalue weighted by atomic mass is 9.98. The molecule has 126 heavy (non-hydrogen) atoms. The summed E-state index contributed by atoms with van der Waals surface area (Å²) in [5.41, 5.74) is -4.97. The normalized spacial score (nSPS) is 24.4. The van der Waals surface area contributed by atoms with Crippen LogP contribution in [0.1, 0.15) is 102 Å². The first-order valence-corrected chi connectivity index (χ1v) is 44.7. The summed E-state index contributed by atoms with van der Waals surface area (Å²) in [5.74, 6) is 0.891. The van der Waals surface area contributed by atoms with E-state index in [-0.39, 0.29) is 52.0 Å². The molecule has 3 aromatic carbocycles. The van der Waals surface area contributed by atoms with Crippen molar-refractivity contribution in [2.24, 2.45) is 0 Å². The number of aromatic nitrogens is 12. The summed E-state index contributed by atoms with van der Waals surface area (Å²) in [6.07, 6.45) is -10.2. The fourth-order valence-electron chi connectivity index (χ4n) is 13.1. The number of hydrogen-bond donors (Lipinski definition) is 9. The van der Waals surface area contributed by atoms with E-state index in [0.29, 0.717) is 34.0 Å². The fourth-order valence-corrected chi connectivity index (χ4v) is 17.6. The molecule has 0 spiro atoms. The first-order chi connectivity index (χ1) is 59.3. The molecule has 6 aromatic heterocycles. The third kappa shape index (κ3) is 23.1. The maximum atomic E-state index is 16.1. The van der Waals surface area contributed by atoms with Crippen molar-refractivity contribution in [3.05, 3.63) is 110 Å². The van der Waals surface area contributed by atoms with Gasteiger partial charge in [0.25, 0.3) is 0 Å². The number of carbonyl (C=O) groups excluding carboxylic acids is 3. The molecule has 3 fully saturated rings. The molecule has 4 unspecified atom stereocenters. The number of benzene rings is 3. The number of ether oxygens (including phenoxy) is 6. The van der Waals surface area contributed by atoms with Gasteiger partial charge in [-0.15, -0.1) is 0 Å². The van der Waals surface area contributed by atoms with Gasteiger partial charge in [0.15, 0.2) is 86.6 Å². The molecule has 18 atom stereocenters. The number of carbonyl (C=O) groups is 3. The topological polar surface area (TPSA) is 487 Å². The molecule has 9 aromatic rings. The second-order valence-electron chi connectivity index (χ2n) is 31.5. The van der Waals surface area contributed by atoms with Crippen LogP contribution in [0.3, 0.4) is 0 Å². The SMILES string of the molecule is CNc1nc(N(C)C)c2ncn([C@@H]3OC(COP(=O)(N[C@@H](C)C(=O)OC(C)C)Oc4ccccc4)[C@@H](O)[C@@]3(C)F)c2n1.CNc1nc(N(C)C)c2ncn([C@@H]3OC(CO[P@@](=O)(N[C@@H](C)C(=O)OC(C)C)Oc4ccccc4)[C@@H](O)[C@@]3(C)F)c2n1.CNc1nc(N(C)C)c2ncn([C@@H]3OC(CO[P@](=O)(N[C@@H](C)C(=O)OC(C)C)Oc4ccccc4)[C@@H](O)[C@@]3(C)F)c2n1. The summed E-state index contributed by atoms with van der Waals surface area (Å²) < 4.78 is 161. The zero-order valence-electron chi connectivity index (χ0n) is 73.5. The molecule has 3 saturated heterocycles. The second kappa shape index (κ2) is 40.9. The van der Waals surface area contributed by atoms with Crippen LogP contribution in [0.5, 0.6) is 17.2 Å². The van der Waals surface area contributed by atoms with Gasteiger partial charge in [0.05, 0.1) is 57.1 Å². The lowest BCUT2D eigenvalue weighted by Crippen LogP contribution is -2.41. The Morgan fingerprint density at radius 1 is 0.421 bits per heavy atom. The largest absolute Gasteiger partial charge is 0.462 e. The van der Waals surface area contributed by atoms with Crippen LogP contribution in [0, 0.1) is 0 Å². The van der Waals surface area contributed by atoms with Gasteiger partial charge < -0.3 is 88.0 Å². The summed E-state index contributed by atoms with van der Waals surface area (Å²) in [6.45, 7) is 16.3. The van der Waals surface area contributed by atoms with Crippen LogP contribution in [0.4, 0.5) is 48.5 Å². The minimum atomic E-state index is -4.28. The molecule has 3 aliphatic heterocycles. The van der Waals surface area contributed by atoms with E-state index in [1.807, 2.05) is 0 Å². The lowest BCUT2D eigenvalue weighted by molar-refractivity contribution is -0.150. The number of fused-ring (bicyclic) bond motifs is 3. The van der Waals surface area contributed by atoms with Gasteiger partial charge in [-0.1, -0.05) is 54.6 Å². The number of hydrogen-bond acceptors (Lipinski definition) is 36. The maximum Gasteiger partial charge on any atom is 0.459 e. The van der Waals surface area contributed by atoms with Gasteiger partial charge >= 0.3 is 41.1 Å². The number of halogens is 3. The third-order valence-corrected chi connectivity index (χ3v) is 24.3. The molecule has 9 N–H and O–H groups in total. The van der Waals surface area contributed by atoms with Crippen LogP contribution in [0.15, 0.2) is 110 Å². The number of nitrogens with one attached hydrogen (secondary N) is 6. The number of imidazole rings is 3. The Kier molecular flexibility index (Phi) is 31.9. The Morgan fingerprint density at radius 2 is 0.651 bits per heavy atom. The number of esters is 3. The Balaban J connectivity index is 0.000000197. The standard InChI is InChI=1S/3C26H37FN7O7P/c3*1-15(2)39-23(36)16(3)32-42(37,41-17-11-9-8-10-12-17)38-13-18-20(35)26(4,27)24(40-18)34-14-29-19-21(33(6)7)30-25(28-5)31-22(19)34/h3*8-12,14-16,18,20,24,35H,13H2,1-7H3,(H,32,37)(H,28,30,31)/t16-,18?,20+,24+,26+,42?;16-,18?,20+,24+,26+,42+;16-,18?,20+,24+,26+,42-/m000/s1. The summed E-state index contributed by atoms with van der Waals surface area (Å²) >= 11 is 0. The summed E-state index contributed by atoms with van der Waals surface area (Å²) in [7, 11) is 2.83. The molecule has 3 aliphatic rings. The number of nitrogens with zero attached hydrogens (tertiary/aromatic N) is 15. The Bertz CT molecular complexity index is 4830. The monoisotopic (exact) mass is 1830 g/mol. The van der Waals surface area contributed by atoms with Crippen LogP contribution in [0.2, 0.25) is 0 Å². The molecule has 0 bridgehead atoms. The van der Waals surface area contributed by atoms with Crippen molar-refractivity contribution in [2.45, 2.75) is 192 Å². The maximum absolute atomic E-state index is 16.1. The number of aliphatic hydroxyl groups excluding tert-OH is 3. The summed E-state index contributed by atoms with van der Waals surface area (Å²) in [6, 6.07) is 21.3. The van der Waals surface area contributed by atoms with Crippen molar-refractivity contribution in [1.29, 1.82) is 0 Å². The molecule has 0 amide bonds. The summed E-state index contributed by atoms with van der Waals surface area (Å²) in [4.78, 5) is 82.1. The first kappa shape index (κ1) is 98.1. The van der Waals surface area contributed by atoms with E-state index in [4.69, 9.17) is 55.6 Å². The van der Waals surface area contributed by atoms with E-state index in [1.165, 1.54) is 74.2 Å². The van der Waals surface area contributed by atoms with E-state index in [2.05, 4.69) is 76.1 Å². The lowest BCUT2D eigenvalue weighted by Gasteiger charge is -2.25. The van der Waals surface area contributed by atoms with Gasteiger partial charge in [-0.05, 0) is 119 Å². The van der Waals surface area contributed by atoms with Crippen molar-refractivity contribution in [2.75, 3.05) is 114 Å². The highest BCUT2D eigenvalue weighted by atomic mass is 31.2. The average molecular weight is 1830 g/mol. The van der Waals surface area contributed by atoms with Crippen LogP contribution < -0.4 is 59.5 Å². The van der Waals surface area contributed by atoms with E-state index >= 15 is 13.2 Å². The van der Waals surface area contributed by atoms with E-state index < -0.39 is 170 Å². The Morgan fingerprint density at radius 3 is 0.857 bits per heavy atom. The van der Waals surface area contributed by atoms with Crippen molar-refractivity contribution in [3.63, 3.8) is 0 Å². The molecular weight excluding hydrogens is 1720 g/mol. The highest BCUT2D eigenvalue weighted by Gasteiger charge is 2.59. The van der Waals surface area contributed by atoms with Crippen molar-refractivity contribution >= 4 is 110 Å². The predicted molar refractivity (Wildman–Crippen MR) is 459 cm³/mol. The van der Waals surface area contributed by atoms with E-state index in [0.717, 1.165) is 0 Å². The highest BCUT2D eigenvalue weighted by molar-refractivity contribution is 7.52. The van der Waals surface area contributed by atoms with Gasteiger partial charge in [0.1, 0.15) is 72.0 Å². The zero-order chi connectivity index (χ0) is 92.5. The number of aliphatic hydroxyl groups is 3. The van der Waals surface area contributed by atoms with Crippen LogP contribution in [-0.2, 0) is 70.1 Å². The molecule has 0 aliphatic carbocycles.